The molecule has 0 aromatic heterocycles. The van der Waals surface area contributed by atoms with Gasteiger partial charge in [0, 0.05) is 12.8 Å². The van der Waals surface area contributed by atoms with Crippen molar-refractivity contribution in [3.05, 3.63) is 72.9 Å². The Balaban J connectivity index is 2.58. The monoisotopic (exact) mass is 812 g/mol. The first-order valence-corrected chi connectivity index (χ1v) is 21.7. The Hall–Kier alpha value is -2.71. The first kappa shape index (κ1) is 51.3. The second-order valence-corrected chi connectivity index (χ2v) is 15.2. The van der Waals surface area contributed by atoms with Crippen LogP contribution in [-0.4, -0.2) is 98.3 Å². The van der Waals surface area contributed by atoms with Gasteiger partial charge in [0.05, 0.1) is 6.61 Å². The Kier molecular flexibility index (Phi) is 29.6. The number of aliphatic hydroxyl groups is 5. The van der Waals surface area contributed by atoms with Gasteiger partial charge in [-0.25, -0.2) is 4.57 Å². The molecule has 0 spiro atoms. The molecule has 0 radical (unpaired) electrons. The van der Waals surface area contributed by atoms with Crippen LogP contribution < -0.4 is 0 Å². The van der Waals surface area contributed by atoms with Crippen LogP contribution in [0, 0.1) is 0 Å². The van der Waals surface area contributed by atoms with E-state index in [1.165, 1.54) is 0 Å². The number of phosphoric ester groups is 1. The third-order valence-electron chi connectivity index (χ3n) is 8.76. The van der Waals surface area contributed by atoms with E-state index in [1.54, 1.807) is 0 Å². The summed E-state index contributed by atoms with van der Waals surface area (Å²) in [7, 11) is -5.13. The molecule has 1 aliphatic rings. The van der Waals surface area contributed by atoms with Crippen LogP contribution in [0.15, 0.2) is 72.9 Å². The molecule has 0 saturated heterocycles. The summed E-state index contributed by atoms with van der Waals surface area (Å²) < 4.78 is 33.3. The van der Waals surface area contributed by atoms with Crippen molar-refractivity contribution in [1.29, 1.82) is 0 Å². The number of esters is 2. The lowest BCUT2D eigenvalue weighted by Crippen LogP contribution is -2.64. The molecule has 1 saturated carbocycles. The van der Waals surface area contributed by atoms with Gasteiger partial charge in [0.15, 0.2) is 6.10 Å². The Morgan fingerprint density at radius 1 is 0.571 bits per heavy atom. The standard InChI is InChI=1S/C42H69O13P/c1-3-5-7-9-11-13-15-16-17-18-19-20-21-23-25-27-29-31-36(44)54-34(32-52-35(43)30-28-26-24-22-14-12-10-8-6-4-2)33-53-56(50,51)55-42-40(48)38(46)37(45)39(47)41(42)49/h5,7-8,10-11,13,16-17,19-20,23,25,34,37-42,45-49H,3-4,6,9,12,14-15,18,21-22,24,26-33H2,1-2H3,(H,50,51)/b7-5-,10-8-,13-11-,17-16-,20-19-,25-23-. The highest BCUT2D eigenvalue weighted by Crippen LogP contribution is 2.47. The number of aliphatic hydroxyl groups excluding tert-OH is 5. The summed E-state index contributed by atoms with van der Waals surface area (Å²) in [4.78, 5) is 35.5. The number of phosphoric acid groups is 1. The lowest BCUT2D eigenvalue weighted by Gasteiger charge is -2.41. The quantitative estimate of drug-likeness (QED) is 0.0185. The molecule has 0 bridgehead atoms. The summed E-state index contributed by atoms with van der Waals surface area (Å²) in [6.07, 6.45) is 25.6. The summed E-state index contributed by atoms with van der Waals surface area (Å²) in [5, 5.41) is 50.0. The van der Waals surface area contributed by atoms with Crippen LogP contribution in [0.2, 0.25) is 0 Å². The maximum atomic E-state index is 12.7. The summed E-state index contributed by atoms with van der Waals surface area (Å²) in [5.41, 5.74) is 0. The van der Waals surface area contributed by atoms with Gasteiger partial charge in [0.2, 0.25) is 0 Å². The van der Waals surface area contributed by atoms with E-state index in [1.807, 2.05) is 12.2 Å². The van der Waals surface area contributed by atoms with E-state index in [0.29, 0.717) is 19.3 Å². The fourth-order valence-electron chi connectivity index (χ4n) is 5.50. The fourth-order valence-corrected chi connectivity index (χ4v) is 6.47. The van der Waals surface area contributed by atoms with E-state index in [0.717, 1.165) is 77.0 Å². The van der Waals surface area contributed by atoms with Crippen molar-refractivity contribution in [3.8, 4) is 0 Å². The molecule has 0 amide bonds. The number of ether oxygens (including phenoxy) is 2. The van der Waals surface area contributed by atoms with Crippen LogP contribution >= 0.6 is 7.82 Å². The lowest BCUT2D eigenvalue weighted by molar-refractivity contribution is -0.220. The van der Waals surface area contributed by atoms with Crippen LogP contribution in [0.25, 0.3) is 0 Å². The van der Waals surface area contributed by atoms with Crippen molar-refractivity contribution in [2.24, 2.45) is 0 Å². The van der Waals surface area contributed by atoms with Crippen LogP contribution in [0.3, 0.4) is 0 Å². The van der Waals surface area contributed by atoms with Crippen LogP contribution in [0.1, 0.15) is 123 Å². The van der Waals surface area contributed by atoms with Gasteiger partial charge in [-0.05, 0) is 70.6 Å². The average Bonchev–Trinajstić information content (AvgIpc) is 3.18. The molecular formula is C42H69O13P. The van der Waals surface area contributed by atoms with Gasteiger partial charge in [-0.2, -0.15) is 0 Å². The number of unbranched alkanes of at least 4 members (excludes halogenated alkanes) is 7. The van der Waals surface area contributed by atoms with Gasteiger partial charge < -0.3 is 39.9 Å². The number of rotatable bonds is 31. The average molecular weight is 813 g/mol. The summed E-state index contributed by atoms with van der Waals surface area (Å²) >= 11 is 0. The second kappa shape index (κ2) is 32.3. The third kappa shape index (κ3) is 24.8. The first-order valence-electron chi connectivity index (χ1n) is 20.2. The normalized spacial score (nSPS) is 23.6. The molecule has 0 aromatic rings. The molecular weight excluding hydrogens is 743 g/mol. The maximum absolute atomic E-state index is 12.7. The molecule has 14 heteroatoms. The van der Waals surface area contributed by atoms with Crippen molar-refractivity contribution in [2.75, 3.05) is 13.2 Å². The lowest BCUT2D eigenvalue weighted by atomic mass is 9.85. The van der Waals surface area contributed by atoms with Crippen molar-refractivity contribution >= 4 is 19.8 Å². The van der Waals surface area contributed by atoms with Crippen molar-refractivity contribution < 1.29 is 63.1 Å². The predicted molar refractivity (Wildman–Crippen MR) is 216 cm³/mol. The number of carbonyl (C=O) groups excluding carboxylic acids is 2. The van der Waals surface area contributed by atoms with Gasteiger partial charge >= 0.3 is 19.8 Å². The molecule has 6 atom stereocenters. The van der Waals surface area contributed by atoms with E-state index < -0.39 is 75.7 Å². The molecule has 13 nitrogen and oxygen atoms in total. The number of hydrogen-bond donors (Lipinski definition) is 6. The zero-order chi connectivity index (χ0) is 41.4. The smallest absolute Gasteiger partial charge is 0.462 e. The summed E-state index contributed by atoms with van der Waals surface area (Å²) in [6.45, 7) is 3.02. The molecule has 56 heavy (non-hydrogen) atoms. The maximum Gasteiger partial charge on any atom is 0.472 e. The Morgan fingerprint density at radius 2 is 1.04 bits per heavy atom. The van der Waals surface area contributed by atoms with Gasteiger partial charge in [-0.3, -0.25) is 18.6 Å². The Morgan fingerprint density at radius 3 is 1.62 bits per heavy atom. The highest BCUT2D eigenvalue weighted by molar-refractivity contribution is 7.47. The molecule has 1 rings (SSSR count). The Labute approximate surface area is 334 Å². The fraction of sp³-hybridized carbons (Fsp3) is 0.667. The minimum atomic E-state index is -5.13. The van der Waals surface area contributed by atoms with Gasteiger partial charge in [-0.1, -0.05) is 112 Å². The minimum absolute atomic E-state index is 0.0129. The Bertz CT molecular complexity index is 1260. The molecule has 0 heterocycles. The SMILES string of the molecule is CC/C=C\C/C=C\C/C=C\C/C=C\C/C=C\CCCC(=O)OC(COC(=O)CCCCCCC/C=C\CCC)COP(=O)(O)OC1C(O)C(O)C(O)C(O)C1O. The van der Waals surface area contributed by atoms with Crippen LogP contribution in [0.5, 0.6) is 0 Å². The number of hydrogen-bond acceptors (Lipinski definition) is 12. The third-order valence-corrected chi connectivity index (χ3v) is 9.75. The number of carbonyl (C=O) groups is 2. The van der Waals surface area contributed by atoms with E-state index >= 15 is 0 Å². The van der Waals surface area contributed by atoms with E-state index in [2.05, 4.69) is 74.6 Å². The zero-order valence-electron chi connectivity index (χ0n) is 33.4. The molecule has 0 aliphatic heterocycles. The van der Waals surface area contributed by atoms with Gasteiger partial charge in [-0.15, -0.1) is 0 Å². The van der Waals surface area contributed by atoms with E-state index in [9.17, 15) is 44.6 Å². The van der Waals surface area contributed by atoms with Gasteiger partial charge in [0.1, 0.15) is 43.2 Å². The molecule has 6 unspecified atom stereocenters. The zero-order valence-corrected chi connectivity index (χ0v) is 34.3. The minimum Gasteiger partial charge on any atom is -0.462 e. The largest absolute Gasteiger partial charge is 0.472 e. The second-order valence-electron chi connectivity index (χ2n) is 13.7. The highest BCUT2D eigenvalue weighted by atomic mass is 31.2. The van der Waals surface area contributed by atoms with E-state index in [4.69, 9.17) is 18.5 Å². The molecule has 6 N–H and O–H groups in total. The van der Waals surface area contributed by atoms with Crippen molar-refractivity contribution in [3.63, 3.8) is 0 Å². The molecule has 1 aliphatic carbocycles. The first-order chi connectivity index (χ1) is 26.9. The van der Waals surface area contributed by atoms with Crippen molar-refractivity contribution in [1.82, 2.24) is 0 Å². The highest BCUT2D eigenvalue weighted by Gasteiger charge is 2.51. The van der Waals surface area contributed by atoms with Gasteiger partial charge in [0.25, 0.3) is 0 Å². The predicted octanol–water partition coefficient (Wildman–Crippen LogP) is 6.77. The topological polar surface area (TPSA) is 210 Å². The molecule has 1 fully saturated rings. The van der Waals surface area contributed by atoms with Crippen molar-refractivity contribution in [2.45, 2.75) is 166 Å². The number of allylic oxidation sites excluding steroid dienone is 12. The van der Waals surface area contributed by atoms with Crippen LogP contribution in [0.4, 0.5) is 0 Å². The summed E-state index contributed by atoms with van der Waals surface area (Å²) in [6, 6.07) is 0. The van der Waals surface area contributed by atoms with Crippen LogP contribution in [-0.2, 0) is 32.7 Å². The molecule has 320 valence electrons. The molecule has 0 aromatic carbocycles. The summed E-state index contributed by atoms with van der Waals surface area (Å²) in [5.74, 6) is -1.19. The van der Waals surface area contributed by atoms with E-state index in [-0.39, 0.29) is 12.8 Å².